The van der Waals surface area contributed by atoms with E-state index >= 15 is 0 Å². The van der Waals surface area contributed by atoms with Gasteiger partial charge in [-0.1, -0.05) is 6.07 Å². The zero-order valence-corrected chi connectivity index (χ0v) is 10.0. The number of benzene rings is 1. The first-order chi connectivity index (χ1) is 8.20. The smallest absolute Gasteiger partial charge is 0.157 e. The summed E-state index contributed by atoms with van der Waals surface area (Å²) >= 11 is 0. The van der Waals surface area contributed by atoms with Crippen LogP contribution in [0, 0.1) is 0 Å². The molecule has 4 nitrogen and oxygen atoms in total. The van der Waals surface area contributed by atoms with Crippen LogP contribution in [0.1, 0.15) is 24.8 Å². The number of hydrogen-bond acceptors (Lipinski definition) is 4. The number of phenolic OH excluding ortho intramolecular Hbond substituents is 2. The Morgan fingerprint density at radius 2 is 2.12 bits per heavy atom. The van der Waals surface area contributed by atoms with Crippen molar-refractivity contribution in [3.05, 3.63) is 23.8 Å². The third-order valence-electron chi connectivity index (χ3n) is 3.36. The molecule has 2 atom stereocenters. The topological polar surface area (TPSA) is 61.7 Å². The number of methoxy groups -OCH3 is 1. The van der Waals surface area contributed by atoms with Crippen LogP contribution in [0.5, 0.6) is 11.5 Å². The van der Waals surface area contributed by atoms with Crippen LogP contribution < -0.4 is 5.32 Å². The molecule has 94 valence electrons. The van der Waals surface area contributed by atoms with E-state index in [1.165, 1.54) is 12.5 Å². The molecule has 1 aliphatic carbocycles. The molecule has 1 fully saturated rings. The summed E-state index contributed by atoms with van der Waals surface area (Å²) in [5.74, 6) is -0.150. The molecular formula is C13H19NO3. The van der Waals surface area contributed by atoms with Crippen molar-refractivity contribution in [3.63, 3.8) is 0 Å². The van der Waals surface area contributed by atoms with Crippen LogP contribution in [0.3, 0.4) is 0 Å². The fourth-order valence-corrected chi connectivity index (χ4v) is 2.37. The highest BCUT2D eigenvalue weighted by Gasteiger charge is 2.26. The normalized spacial score (nSPS) is 24.1. The minimum absolute atomic E-state index is 0.0704. The largest absolute Gasteiger partial charge is 0.504 e. The van der Waals surface area contributed by atoms with Crippen molar-refractivity contribution in [1.82, 2.24) is 5.32 Å². The Kier molecular flexibility index (Phi) is 3.86. The molecule has 0 aromatic heterocycles. The van der Waals surface area contributed by atoms with Crippen molar-refractivity contribution in [2.45, 2.75) is 38.0 Å². The maximum absolute atomic E-state index is 9.39. The molecule has 1 aromatic rings. The quantitative estimate of drug-likeness (QED) is 0.698. The first-order valence-electron chi connectivity index (χ1n) is 5.97. The highest BCUT2D eigenvalue weighted by molar-refractivity contribution is 5.40. The van der Waals surface area contributed by atoms with E-state index < -0.39 is 0 Å². The SMILES string of the molecule is COC1CCCC1NCc1ccc(O)c(O)c1. The summed E-state index contributed by atoms with van der Waals surface area (Å²) in [5.41, 5.74) is 0.960. The van der Waals surface area contributed by atoms with Gasteiger partial charge in [0.05, 0.1) is 6.10 Å². The van der Waals surface area contributed by atoms with Crippen LogP contribution in [0.15, 0.2) is 18.2 Å². The van der Waals surface area contributed by atoms with Gasteiger partial charge in [-0.15, -0.1) is 0 Å². The number of nitrogens with one attached hydrogen (secondary N) is 1. The molecule has 0 saturated heterocycles. The molecule has 2 unspecified atom stereocenters. The first kappa shape index (κ1) is 12.2. The molecule has 1 aliphatic rings. The van der Waals surface area contributed by atoms with Gasteiger partial charge in [-0.05, 0) is 37.0 Å². The number of hydrogen-bond donors (Lipinski definition) is 3. The summed E-state index contributed by atoms with van der Waals surface area (Å²) in [5, 5.41) is 22.0. The molecule has 1 aromatic carbocycles. The fourth-order valence-electron chi connectivity index (χ4n) is 2.37. The Hall–Kier alpha value is -1.26. The third-order valence-corrected chi connectivity index (χ3v) is 3.36. The predicted octanol–water partition coefficient (Wildman–Crippen LogP) is 1.75. The molecular weight excluding hydrogens is 218 g/mol. The van der Waals surface area contributed by atoms with E-state index in [4.69, 9.17) is 4.74 Å². The van der Waals surface area contributed by atoms with E-state index in [1.54, 1.807) is 19.2 Å². The van der Waals surface area contributed by atoms with E-state index in [0.717, 1.165) is 18.4 Å². The van der Waals surface area contributed by atoms with Crippen LogP contribution >= 0.6 is 0 Å². The molecule has 0 spiro atoms. The van der Waals surface area contributed by atoms with E-state index in [0.29, 0.717) is 18.7 Å². The molecule has 3 N–H and O–H groups in total. The Balaban J connectivity index is 1.91. The van der Waals surface area contributed by atoms with Crippen molar-refractivity contribution >= 4 is 0 Å². The zero-order valence-electron chi connectivity index (χ0n) is 10.0. The molecule has 0 amide bonds. The van der Waals surface area contributed by atoms with Crippen LogP contribution in [-0.4, -0.2) is 29.5 Å². The molecule has 0 bridgehead atoms. The minimum atomic E-state index is -0.0793. The molecule has 0 aliphatic heterocycles. The van der Waals surface area contributed by atoms with Crippen molar-refractivity contribution < 1.29 is 14.9 Å². The molecule has 2 rings (SSSR count). The second-order valence-corrected chi connectivity index (χ2v) is 4.52. The lowest BCUT2D eigenvalue weighted by Crippen LogP contribution is -2.36. The molecule has 0 radical (unpaired) electrons. The van der Waals surface area contributed by atoms with Gasteiger partial charge in [-0.3, -0.25) is 0 Å². The molecule has 0 heterocycles. The summed E-state index contributed by atoms with van der Waals surface area (Å²) in [7, 11) is 1.75. The molecule has 17 heavy (non-hydrogen) atoms. The van der Waals surface area contributed by atoms with E-state index in [2.05, 4.69) is 5.32 Å². The maximum Gasteiger partial charge on any atom is 0.157 e. The predicted molar refractivity (Wildman–Crippen MR) is 65.0 cm³/mol. The summed E-state index contributed by atoms with van der Waals surface area (Å²) in [6.07, 6.45) is 3.72. The van der Waals surface area contributed by atoms with Gasteiger partial charge in [0.2, 0.25) is 0 Å². The number of rotatable bonds is 4. The van der Waals surface area contributed by atoms with Gasteiger partial charge >= 0.3 is 0 Å². The van der Waals surface area contributed by atoms with E-state index in [1.807, 2.05) is 0 Å². The van der Waals surface area contributed by atoms with Crippen LogP contribution in [0.4, 0.5) is 0 Å². The maximum atomic E-state index is 9.39. The van der Waals surface area contributed by atoms with Crippen LogP contribution in [0.2, 0.25) is 0 Å². The first-order valence-corrected chi connectivity index (χ1v) is 5.97. The van der Waals surface area contributed by atoms with Gasteiger partial charge < -0.3 is 20.3 Å². The highest BCUT2D eigenvalue weighted by Crippen LogP contribution is 2.26. The van der Waals surface area contributed by atoms with Gasteiger partial charge in [0, 0.05) is 19.7 Å². The monoisotopic (exact) mass is 237 g/mol. The average molecular weight is 237 g/mol. The standard InChI is InChI=1S/C13H19NO3/c1-17-13-4-2-3-10(13)14-8-9-5-6-11(15)12(16)7-9/h5-7,10,13-16H,2-4,8H2,1H3. The Labute approximate surface area is 101 Å². The summed E-state index contributed by atoms with van der Waals surface area (Å²) < 4.78 is 5.40. The molecule has 4 heteroatoms. The van der Waals surface area contributed by atoms with Gasteiger partial charge in [-0.25, -0.2) is 0 Å². The molecule has 1 saturated carbocycles. The summed E-state index contributed by atoms with van der Waals surface area (Å²) in [6.45, 7) is 0.679. The fraction of sp³-hybridized carbons (Fsp3) is 0.538. The van der Waals surface area contributed by atoms with Crippen LogP contribution in [0.25, 0.3) is 0 Å². The van der Waals surface area contributed by atoms with Crippen molar-refractivity contribution in [2.75, 3.05) is 7.11 Å². The lowest BCUT2D eigenvalue weighted by atomic mass is 10.1. The highest BCUT2D eigenvalue weighted by atomic mass is 16.5. The van der Waals surface area contributed by atoms with Crippen molar-refractivity contribution in [2.24, 2.45) is 0 Å². The van der Waals surface area contributed by atoms with Crippen LogP contribution in [-0.2, 0) is 11.3 Å². The van der Waals surface area contributed by atoms with E-state index in [-0.39, 0.29) is 11.5 Å². The number of aromatic hydroxyl groups is 2. The lowest BCUT2D eigenvalue weighted by Gasteiger charge is -2.19. The van der Waals surface area contributed by atoms with Crippen molar-refractivity contribution in [1.29, 1.82) is 0 Å². The second-order valence-electron chi connectivity index (χ2n) is 4.52. The van der Waals surface area contributed by atoms with Gasteiger partial charge in [0.15, 0.2) is 11.5 Å². The summed E-state index contributed by atoms with van der Waals surface area (Å²) in [4.78, 5) is 0. The summed E-state index contributed by atoms with van der Waals surface area (Å²) in [6, 6.07) is 5.28. The van der Waals surface area contributed by atoms with Crippen molar-refractivity contribution in [3.8, 4) is 11.5 Å². The Morgan fingerprint density at radius 1 is 1.29 bits per heavy atom. The number of ether oxygens (including phenoxy) is 1. The van der Waals surface area contributed by atoms with Gasteiger partial charge in [-0.2, -0.15) is 0 Å². The second kappa shape index (κ2) is 5.38. The minimum Gasteiger partial charge on any atom is -0.504 e. The van der Waals surface area contributed by atoms with Gasteiger partial charge in [0.1, 0.15) is 0 Å². The van der Waals surface area contributed by atoms with E-state index in [9.17, 15) is 10.2 Å². The third kappa shape index (κ3) is 2.90. The zero-order chi connectivity index (χ0) is 12.3. The number of phenols is 2. The van der Waals surface area contributed by atoms with Gasteiger partial charge in [0.25, 0.3) is 0 Å². The lowest BCUT2D eigenvalue weighted by molar-refractivity contribution is 0.0847. The Morgan fingerprint density at radius 3 is 2.82 bits per heavy atom. The average Bonchev–Trinajstić information content (AvgIpc) is 2.78. The Bertz CT molecular complexity index is 381.